The van der Waals surface area contributed by atoms with Gasteiger partial charge in [0.2, 0.25) is 0 Å². The van der Waals surface area contributed by atoms with E-state index in [1.807, 2.05) is 6.92 Å². The highest BCUT2D eigenvalue weighted by Crippen LogP contribution is 2.10. The number of hydrogen-bond donors (Lipinski definition) is 0. The minimum Gasteiger partial charge on any atom is -0.244 e. The van der Waals surface area contributed by atoms with Crippen LogP contribution in [-0.4, -0.2) is 15.0 Å². The number of rotatable bonds is 5. The highest BCUT2D eigenvalue weighted by molar-refractivity contribution is 5.25. The SMILES string of the molecule is C=C(C)Cn1nnc(C#N)c1CCCC. The van der Waals surface area contributed by atoms with Gasteiger partial charge in [-0.05, 0) is 19.8 Å². The van der Waals surface area contributed by atoms with Crippen molar-refractivity contribution in [3.8, 4) is 6.07 Å². The summed E-state index contributed by atoms with van der Waals surface area (Å²) in [6, 6.07) is 2.07. The number of allylic oxidation sites excluding steroid dienone is 1. The first-order valence-corrected chi connectivity index (χ1v) is 5.15. The van der Waals surface area contributed by atoms with Gasteiger partial charge in [-0.2, -0.15) is 5.26 Å². The molecule has 0 saturated heterocycles. The number of nitriles is 1. The van der Waals surface area contributed by atoms with Gasteiger partial charge < -0.3 is 0 Å². The molecule has 1 aromatic rings. The Bertz CT molecular complexity index is 384. The van der Waals surface area contributed by atoms with Crippen molar-refractivity contribution in [1.82, 2.24) is 15.0 Å². The van der Waals surface area contributed by atoms with Crippen LogP contribution < -0.4 is 0 Å². The predicted octanol–water partition coefficient (Wildman–Crippen LogP) is 2.07. The molecule has 0 bridgehead atoms. The van der Waals surface area contributed by atoms with Gasteiger partial charge in [0.05, 0.1) is 12.2 Å². The molecule has 1 rings (SSSR count). The van der Waals surface area contributed by atoms with Crippen LogP contribution in [-0.2, 0) is 13.0 Å². The van der Waals surface area contributed by atoms with Gasteiger partial charge in [0.15, 0.2) is 5.69 Å². The Labute approximate surface area is 90.2 Å². The second-order valence-electron chi connectivity index (χ2n) is 3.71. The van der Waals surface area contributed by atoms with Gasteiger partial charge in [0.25, 0.3) is 0 Å². The lowest BCUT2D eigenvalue weighted by Gasteiger charge is -2.05. The smallest absolute Gasteiger partial charge is 0.185 e. The average molecular weight is 204 g/mol. The van der Waals surface area contributed by atoms with Gasteiger partial charge in [-0.25, -0.2) is 4.68 Å². The fourth-order valence-corrected chi connectivity index (χ4v) is 1.39. The van der Waals surface area contributed by atoms with Crippen molar-refractivity contribution in [1.29, 1.82) is 5.26 Å². The van der Waals surface area contributed by atoms with E-state index in [0.29, 0.717) is 12.2 Å². The molecule has 0 N–H and O–H groups in total. The summed E-state index contributed by atoms with van der Waals surface area (Å²) in [7, 11) is 0. The van der Waals surface area contributed by atoms with Gasteiger partial charge in [-0.1, -0.05) is 30.7 Å². The van der Waals surface area contributed by atoms with Crippen LogP contribution >= 0.6 is 0 Å². The number of nitrogens with zero attached hydrogens (tertiary/aromatic N) is 4. The predicted molar refractivity (Wildman–Crippen MR) is 58.2 cm³/mol. The molecule has 0 aromatic carbocycles. The third kappa shape index (κ3) is 2.91. The van der Waals surface area contributed by atoms with E-state index in [1.165, 1.54) is 0 Å². The molecule has 0 fully saturated rings. The summed E-state index contributed by atoms with van der Waals surface area (Å²) in [5.41, 5.74) is 2.40. The van der Waals surface area contributed by atoms with Crippen molar-refractivity contribution >= 4 is 0 Å². The van der Waals surface area contributed by atoms with E-state index in [1.54, 1.807) is 4.68 Å². The molecule has 80 valence electrons. The van der Waals surface area contributed by atoms with Crippen LogP contribution in [0.25, 0.3) is 0 Å². The Morgan fingerprint density at radius 1 is 1.60 bits per heavy atom. The maximum Gasteiger partial charge on any atom is 0.185 e. The molecule has 0 atom stereocenters. The summed E-state index contributed by atoms with van der Waals surface area (Å²) in [5.74, 6) is 0. The quantitative estimate of drug-likeness (QED) is 0.690. The second kappa shape index (κ2) is 5.30. The van der Waals surface area contributed by atoms with E-state index in [4.69, 9.17) is 5.26 Å². The molecular weight excluding hydrogens is 188 g/mol. The monoisotopic (exact) mass is 204 g/mol. The standard InChI is InChI=1S/C11H16N4/c1-4-5-6-11-10(7-12)13-14-15(11)8-9(2)3/h2,4-6,8H2,1,3H3. The lowest BCUT2D eigenvalue weighted by molar-refractivity contribution is 0.601. The van der Waals surface area contributed by atoms with E-state index >= 15 is 0 Å². The molecule has 4 nitrogen and oxygen atoms in total. The molecule has 1 heterocycles. The van der Waals surface area contributed by atoms with E-state index in [2.05, 4.69) is 29.9 Å². The molecule has 0 unspecified atom stereocenters. The summed E-state index contributed by atoms with van der Waals surface area (Å²) in [5, 5.41) is 16.7. The molecule has 1 aromatic heterocycles. The number of unbranched alkanes of at least 4 members (excludes halogenated alkanes) is 1. The fourth-order valence-electron chi connectivity index (χ4n) is 1.39. The minimum atomic E-state index is 0.449. The third-order valence-electron chi connectivity index (χ3n) is 2.13. The first kappa shape index (κ1) is 11.4. The number of hydrogen-bond acceptors (Lipinski definition) is 3. The van der Waals surface area contributed by atoms with Crippen molar-refractivity contribution in [2.75, 3.05) is 0 Å². The van der Waals surface area contributed by atoms with Crippen LogP contribution in [0.4, 0.5) is 0 Å². The summed E-state index contributed by atoms with van der Waals surface area (Å²) in [4.78, 5) is 0. The zero-order valence-electron chi connectivity index (χ0n) is 9.32. The Hall–Kier alpha value is -1.63. The van der Waals surface area contributed by atoms with Gasteiger partial charge in [0.1, 0.15) is 6.07 Å². The average Bonchev–Trinajstić information content (AvgIpc) is 2.56. The zero-order chi connectivity index (χ0) is 11.3. The molecule has 0 aliphatic carbocycles. The van der Waals surface area contributed by atoms with Crippen molar-refractivity contribution < 1.29 is 0 Å². The zero-order valence-corrected chi connectivity index (χ0v) is 9.32. The van der Waals surface area contributed by atoms with Crippen LogP contribution in [0.2, 0.25) is 0 Å². The molecule has 0 aliphatic rings. The van der Waals surface area contributed by atoms with Crippen molar-refractivity contribution in [3.05, 3.63) is 23.5 Å². The van der Waals surface area contributed by atoms with E-state index in [9.17, 15) is 0 Å². The lowest BCUT2D eigenvalue weighted by Crippen LogP contribution is -2.06. The molecule has 0 saturated carbocycles. The number of aromatic nitrogens is 3. The van der Waals surface area contributed by atoms with Crippen LogP contribution in [0, 0.1) is 11.3 Å². The van der Waals surface area contributed by atoms with Crippen molar-refractivity contribution in [2.45, 2.75) is 39.7 Å². The van der Waals surface area contributed by atoms with E-state index in [-0.39, 0.29) is 0 Å². The van der Waals surface area contributed by atoms with E-state index in [0.717, 1.165) is 30.5 Å². The van der Waals surface area contributed by atoms with Crippen LogP contribution in [0.5, 0.6) is 0 Å². The van der Waals surface area contributed by atoms with Crippen molar-refractivity contribution in [2.24, 2.45) is 0 Å². The molecule has 0 radical (unpaired) electrons. The van der Waals surface area contributed by atoms with Crippen LogP contribution in [0.15, 0.2) is 12.2 Å². The van der Waals surface area contributed by atoms with Gasteiger partial charge in [-0.3, -0.25) is 0 Å². The van der Waals surface area contributed by atoms with Crippen LogP contribution in [0.1, 0.15) is 38.1 Å². The summed E-state index contributed by atoms with van der Waals surface area (Å²) in [6.45, 7) is 8.55. The Kier molecular flexibility index (Phi) is 4.04. The molecule has 15 heavy (non-hydrogen) atoms. The van der Waals surface area contributed by atoms with Gasteiger partial charge >= 0.3 is 0 Å². The van der Waals surface area contributed by atoms with Gasteiger partial charge in [0, 0.05) is 0 Å². The highest BCUT2D eigenvalue weighted by Gasteiger charge is 2.11. The lowest BCUT2D eigenvalue weighted by atomic mass is 10.1. The Morgan fingerprint density at radius 3 is 2.87 bits per heavy atom. The molecule has 0 amide bonds. The van der Waals surface area contributed by atoms with Crippen molar-refractivity contribution in [3.63, 3.8) is 0 Å². The topological polar surface area (TPSA) is 54.5 Å². The first-order chi connectivity index (χ1) is 7.19. The normalized spacial score (nSPS) is 9.93. The Balaban J connectivity index is 2.90. The molecule has 4 heteroatoms. The maximum absolute atomic E-state index is 8.88. The summed E-state index contributed by atoms with van der Waals surface area (Å²) < 4.78 is 1.77. The summed E-state index contributed by atoms with van der Waals surface area (Å²) >= 11 is 0. The largest absolute Gasteiger partial charge is 0.244 e. The fraction of sp³-hybridized carbons (Fsp3) is 0.545. The van der Waals surface area contributed by atoms with Gasteiger partial charge in [-0.15, -0.1) is 5.10 Å². The maximum atomic E-state index is 8.88. The second-order valence-corrected chi connectivity index (χ2v) is 3.71. The third-order valence-corrected chi connectivity index (χ3v) is 2.13. The Morgan fingerprint density at radius 2 is 2.33 bits per heavy atom. The van der Waals surface area contributed by atoms with E-state index < -0.39 is 0 Å². The molecular formula is C11H16N4. The highest BCUT2D eigenvalue weighted by atomic mass is 15.4. The van der Waals surface area contributed by atoms with Crippen LogP contribution in [0.3, 0.4) is 0 Å². The molecule has 0 spiro atoms. The summed E-state index contributed by atoms with van der Waals surface area (Å²) in [6.07, 6.45) is 3.01. The first-order valence-electron chi connectivity index (χ1n) is 5.15. The molecule has 0 aliphatic heterocycles. The minimum absolute atomic E-state index is 0.449.